The fourth-order valence-corrected chi connectivity index (χ4v) is 3.57. The van der Waals surface area contributed by atoms with Crippen LogP contribution in [0.3, 0.4) is 0 Å². The normalized spacial score (nSPS) is 11.6. The summed E-state index contributed by atoms with van der Waals surface area (Å²) in [6.07, 6.45) is 1.000. The third-order valence-electron chi connectivity index (χ3n) is 3.56. The smallest absolute Gasteiger partial charge is 0.213 e. The van der Waals surface area contributed by atoms with Crippen LogP contribution >= 0.6 is 0 Å². The molecule has 3 rings (SSSR count). The van der Waals surface area contributed by atoms with Crippen molar-refractivity contribution in [3.63, 3.8) is 0 Å². The summed E-state index contributed by atoms with van der Waals surface area (Å²) in [4.78, 5) is 12.2. The zero-order chi connectivity index (χ0) is 16.6. The van der Waals surface area contributed by atoms with E-state index in [1.54, 1.807) is 18.2 Å². The predicted octanol–water partition coefficient (Wildman–Crippen LogP) is 2.94. The summed E-state index contributed by atoms with van der Waals surface area (Å²) >= 11 is 0. The maximum absolute atomic E-state index is 12.7. The molecule has 3 aromatic rings. The Kier molecular flexibility index (Phi) is 3.69. The zero-order valence-electron chi connectivity index (χ0n) is 12.6. The first-order chi connectivity index (χ1) is 10.9. The molecule has 0 amide bonds. The minimum absolute atomic E-state index is 0.0117. The summed E-state index contributed by atoms with van der Waals surface area (Å²) in [5.74, 6) is 0.533. The number of hydrogen-bond donors (Lipinski definition) is 0. The van der Waals surface area contributed by atoms with Gasteiger partial charge in [0.25, 0.3) is 0 Å². The number of ether oxygens (including phenoxy) is 1. The van der Waals surface area contributed by atoms with E-state index in [0.717, 1.165) is 11.8 Å². The predicted molar refractivity (Wildman–Crippen MR) is 85.7 cm³/mol. The second kappa shape index (κ2) is 5.55. The molecule has 0 saturated heterocycles. The molecule has 2 aromatic carbocycles. The number of aryl methyl sites for hydroxylation is 1. The van der Waals surface area contributed by atoms with Gasteiger partial charge in [0, 0.05) is 0 Å². The van der Waals surface area contributed by atoms with Crippen LogP contribution in [-0.2, 0) is 9.84 Å². The van der Waals surface area contributed by atoms with Crippen molar-refractivity contribution in [3.05, 3.63) is 64.5 Å². The summed E-state index contributed by atoms with van der Waals surface area (Å²) in [5.41, 5.74) is 0.642. The monoisotopic (exact) mass is 330 g/mol. The van der Waals surface area contributed by atoms with E-state index in [1.807, 2.05) is 6.92 Å². The van der Waals surface area contributed by atoms with E-state index in [4.69, 9.17) is 9.15 Å². The van der Waals surface area contributed by atoms with Crippen molar-refractivity contribution in [3.8, 4) is 5.75 Å². The van der Waals surface area contributed by atoms with Crippen LogP contribution in [0.2, 0.25) is 0 Å². The topological polar surface area (TPSA) is 73.6 Å². The number of sulfone groups is 1. The van der Waals surface area contributed by atoms with E-state index >= 15 is 0 Å². The van der Waals surface area contributed by atoms with Gasteiger partial charge in [0.15, 0.2) is 4.90 Å². The molecular weight excluding hydrogens is 316 g/mol. The maximum atomic E-state index is 12.7. The van der Waals surface area contributed by atoms with Crippen LogP contribution < -0.4 is 10.2 Å². The fraction of sp³-hybridized carbons (Fsp3) is 0.118. The Bertz CT molecular complexity index is 1030. The van der Waals surface area contributed by atoms with Crippen molar-refractivity contribution < 1.29 is 17.6 Å². The number of methoxy groups -OCH3 is 1. The van der Waals surface area contributed by atoms with Gasteiger partial charge in [-0.3, -0.25) is 4.79 Å². The van der Waals surface area contributed by atoms with Gasteiger partial charge in [-0.05, 0) is 43.3 Å². The lowest BCUT2D eigenvalue weighted by molar-refractivity contribution is 0.414. The van der Waals surface area contributed by atoms with Crippen molar-refractivity contribution in [1.82, 2.24) is 0 Å². The Morgan fingerprint density at radius 2 is 1.74 bits per heavy atom. The molecule has 0 bridgehead atoms. The van der Waals surface area contributed by atoms with Crippen LogP contribution in [0.15, 0.2) is 67.7 Å². The lowest BCUT2D eigenvalue weighted by atomic mass is 10.1. The number of fused-ring (bicyclic) bond motifs is 1. The Hall–Kier alpha value is -2.60. The van der Waals surface area contributed by atoms with Gasteiger partial charge in [-0.15, -0.1) is 0 Å². The van der Waals surface area contributed by atoms with Crippen molar-refractivity contribution in [1.29, 1.82) is 0 Å². The van der Waals surface area contributed by atoms with Crippen LogP contribution in [-0.4, -0.2) is 15.5 Å². The molecule has 0 atom stereocenters. The molecule has 1 heterocycles. The first kappa shape index (κ1) is 15.3. The quantitative estimate of drug-likeness (QED) is 0.738. The summed E-state index contributed by atoms with van der Waals surface area (Å²) in [5, 5.41) is 0.250. The summed E-state index contributed by atoms with van der Waals surface area (Å²) in [7, 11) is -2.47. The Balaban J connectivity index is 2.21. The van der Waals surface area contributed by atoms with E-state index in [0.29, 0.717) is 11.3 Å². The molecule has 0 aliphatic rings. The lowest BCUT2D eigenvalue weighted by Gasteiger charge is -2.06. The van der Waals surface area contributed by atoms with E-state index in [9.17, 15) is 13.2 Å². The second-order valence-electron chi connectivity index (χ2n) is 5.11. The summed E-state index contributed by atoms with van der Waals surface area (Å²) in [6.45, 7) is 1.82. The van der Waals surface area contributed by atoms with Crippen molar-refractivity contribution in [2.24, 2.45) is 0 Å². The SMILES string of the molecule is COc1ccc(S(=O)(=O)c2coc3ccc(C)cc3c2=O)cc1. The third-order valence-corrected chi connectivity index (χ3v) is 5.31. The van der Waals surface area contributed by atoms with E-state index < -0.39 is 15.3 Å². The molecule has 0 radical (unpaired) electrons. The molecule has 0 saturated carbocycles. The Morgan fingerprint density at radius 3 is 2.39 bits per heavy atom. The highest BCUT2D eigenvalue weighted by Gasteiger charge is 2.23. The highest BCUT2D eigenvalue weighted by atomic mass is 32.2. The zero-order valence-corrected chi connectivity index (χ0v) is 13.4. The van der Waals surface area contributed by atoms with Gasteiger partial charge in [0.05, 0.1) is 17.4 Å². The summed E-state index contributed by atoms with van der Waals surface area (Å²) < 4.78 is 35.7. The fourth-order valence-electron chi connectivity index (χ4n) is 2.29. The Morgan fingerprint density at radius 1 is 1.04 bits per heavy atom. The van der Waals surface area contributed by atoms with Gasteiger partial charge in [0.2, 0.25) is 15.3 Å². The highest BCUT2D eigenvalue weighted by Crippen LogP contribution is 2.23. The standard InChI is InChI=1S/C17H14O5S/c1-11-3-8-15-14(9-11)17(18)16(10-22-15)23(19,20)13-6-4-12(21-2)5-7-13/h3-10H,1-2H3. The lowest BCUT2D eigenvalue weighted by Crippen LogP contribution is -2.15. The number of rotatable bonds is 3. The third kappa shape index (κ3) is 2.61. The first-order valence-electron chi connectivity index (χ1n) is 6.85. The largest absolute Gasteiger partial charge is 0.497 e. The van der Waals surface area contributed by atoms with Crippen LogP contribution in [0.25, 0.3) is 11.0 Å². The molecule has 23 heavy (non-hydrogen) atoms. The minimum atomic E-state index is -3.96. The molecule has 5 nitrogen and oxygen atoms in total. The summed E-state index contributed by atoms with van der Waals surface area (Å²) in [6, 6.07) is 10.9. The van der Waals surface area contributed by atoms with Gasteiger partial charge >= 0.3 is 0 Å². The number of hydrogen-bond acceptors (Lipinski definition) is 5. The van der Waals surface area contributed by atoms with Crippen LogP contribution in [0, 0.1) is 6.92 Å². The van der Waals surface area contributed by atoms with Crippen LogP contribution in [0.5, 0.6) is 5.75 Å². The molecule has 0 N–H and O–H groups in total. The van der Waals surface area contributed by atoms with Gasteiger partial charge in [-0.25, -0.2) is 8.42 Å². The average Bonchev–Trinajstić information content (AvgIpc) is 2.55. The van der Waals surface area contributed by atoms with E-state index in [2.05, 4.69) is 0 Å². The van der Waals surface area contributed by atoms with Crippen LogP contribution in [0.1, 0.15) is 5.56 Å². The van der Waals surface area contributed by atoms with Gasteiger partial charge in [-0.2, -0.15) is 0 Å². The Labute approximate surface area is 133 Å². The molecule has 1 aromatic heterocycles. The molecule has 6 heteroatoms. The molecule has 0 spiro atoms. The van der Waals surface area contributed by atoms with Crippen molar-refractivity contribution in [2.75, 3.05) is 7.11 Å². The minimum Gasteiger partial charge on any atom is -0.497 e. The first-order valence-corrected chi connectivity index (χ1v) is 8.33. The maximum Gasteiger partial charge on any atom is 0.213 e. The highest BCUT2D eigenvalue weighted by molar-refractivity contribution is 7.91. The van der Waals surface area contributed by atoms with Crippen LogP contribution in [0.4, 0.5) is 0 Å². The van der Waals surface area contributed by atoms with Gasteiger partial charge in [0.1, 0.15) is 17.6 Å². The van der Waals surface area contributed by atoms with E-state index in [-0.39, 0.29) is 15.2 Å². The van der Waals surface area contributed by atoms with Crippen molar-refractivity contribution >= 4 is 20.8 Å². The number of benzene rings is 2. The molecule has 0 unspecified atom stereocenters. The molecular formula is C17H14O5S. The molecule has 0 aliphatic heterocycles. The van der Waals surface area contributed by atoms with Gasteiger partial charge in [-0.1, -0.05) is 11.6 Å². The van der Waals surface area contributed by atoms with E-state index in [1.165, 1.54) is 31.4 Å². The van der Waals surface area contributed by atoms with Gasteiger partial charge < -0.3 is 9.15 Å². The second-order valence-corrected chi connectivity index (χ2v) is 7.03. The average molecular weight is 330 g/mol. The molecule has 0 aliphatic carbocycles. The molecule has 118 valence electrons. The molecule has 0 fully saturated rings. The van der Waals surface area contributed by atoms with Crippen molar-refractivity contribution in [2.45, 2.75) is 16.7 Å².